The number of rotatable bonds is 4. The highest BCUT2D eigenvalue weighted by Crippen LogP contribution is 2.47. The van der Waals surface area contributed by atoms with Gasteiger partial charge in [-0.25, -0.2) is 4.39 Å². The van der Waals surface area contributed by atoms with Gasteiger partial charge in [-0.05, 0) is 55.6 Å². The van der Waals surface area contributed by atoms with E-state index in [4.69, 9.17) is 0 Å². The van der Waals surface area contributed by atoms with Crippen molar-refractivity contribution in [3.8, 4) is 0 Å². The molecule has 1 spiro atoms. The minimum absolute atomic E-state index is 0.119. The first-order chi connectivity index (χ1) is 13.1. The summed E-state index contributed by atoms with van der Waals surface area (Å²) >= 11 is 0. The molecule has 0 saturated carbocycles. The van der Waals surface area contributed by atoms with E-state index in [0.29, 0.717) is 13.0 Å². The molecule has 2 aliphatic rings. The highest BCUT2D eigenvalue weighted by atomic mass is 19.1. The zero-order valence-electron chi connectivity index (χ0n) is 15.3. The number of nitrogens with zero attached hydrogens (tertiary/aromatic N) is 1. The fourth-order valence-corrected chi connectivity index (χ4v) is 4.51. The van der Waals surface area contributed by atoms with Crippen LogP contribution in [0.1, 0.15) is 36.5 Å². The number of benzene rings is 2. The summed E-state index contributed by atoms with van der Waals surface area (Å²) in [5.74, 6) is -0.171. The Morgan fingerprint density at radius 1 is 1.11 bits per heavy atom. The number of halogens is 1. The Hall–Kier alpha value is -2.24. The van der Waals surface area contributed by atoms with Gasteiger partial charge < -0.3 is 15.3 Å². The number of carbonyl (C=O) groups is 1. The van der Waals surface area contributed by atoms with E-state index >= 15 is 0 Å². The Balaban J connectivity index is 1.65. The highest BCUT2D eigenvalue weighted by Gasteiger charge is 2.53. The molecule has 2 heterocycles. The lowest BCUT2D eigenvalue weighted by Gasteiger charge is -2.32. The van der Waals surface area contributed by atoms with Gasteiger partial charge in [0.05, 0.1) is 17.6 Å². The normalized spacial score (nSPS) is 23.0. The number of aliphatic hydroxyl groups excluding tert-OH is 1. The number of hydrogen-bond acceptors (Lipinski definition) is 3. The number of hydrogen-bond donors (Lipinski definition) is 2. The van der Waals surface area contributed by atoms with Crippen molar-refractivity contribution in [2.45, 2.75) is 38.0 Å². The Morgan fingerprint density at radius 3 is 2.44 bits per heavy atom. The Morgan fingerprint density at radius 2 is 1.78 bits per heavy atom. The van der Waals surface area contributed by atoms with Crippen LogP contribution in [0.2, 0.25) is 0 Å². The van der Waals surface area contributed by atoms with E-state index in [-0.39, 0.29) is 17.8 Å². The number of nitrogens with one attached hydrogen (secondary N) is 1. The summed E-state index contributed by atoms with van der Waals surface area (Å²) < 4.78 is 13.3. The van der Waals surface area contributed by atoms with Gasteiger partial charge in [0.2, 0.25) is 5.91 Å². The summed E-state index contributed by atoms with van der Waals surface area (Å²) in [5, 5.41) is 14.4. The van der Waals surface area contributed by atoms with Crippen LogP contribution in [0.25, 0.3) is 0 Å². The zero-order chi connectivity index (χ0) is 18.9. The molecule has 0 aromatic heterocycles. The van der Waals surface area contributed by atoms with Crippen molar-refractivity contribution in [2.24, 2.45) is 5.41 Å². The van der Waals surface area contributed by atoms with Gasteiger partial charge >= 0.3 is 0 Å². The van der Waals surface area contributed by atoms with Gasteiger partial charge in [0.1, 0.15) is 5.82 Å². The van der Waals surface area contributed by atoms with Crippen molar-refractivity contribution in [2.75, 3.05) is 13.1 Å². The van der Waals surface area contributed by atoms with Gasteiger partial charge in [-0.15, -0.1) is 0 Å². The lowest BCUT2D eigenvalue weighted by atomic mass is 9.76. The van der Waals surface area contributed by atoms with Crippen molar-refractivity contribution in [1.29, 1.82) is 0 Å². The molecule has 4 nitrogen and oxygen atoms in total. The molecule has 1 amide bonds. The lowest BCUT2D eigenvalue weighted by molar-refractivity contribution is -0.139. The summed E-state index contributed by atoms with van der Waals surface area (Å²) in [5.41, 5.74) is 1.30. The molecular weight excluding hydrogens is 343 g/mol. The molecule has 2 fully saturated rings. The van der Waals surface area contributed by atoms with Crippen LogP contribution in [0.5, 0.6) is 0 Å². The molecule has 2 aliphatic heterocycles. The molecule has 0 unspecified atom stereocenters. The lowest BCUT2D eigenvalue weighted by Crippen LogP contribution is -2.43. The second-order valence-electron chi connectivity index (χ2n) is 7.72. The van der Waals surface area contributed by atoms with Crippen molar-refractivity contribution < 1.29 is 14.3 Å². The first kappa shape index (κ1) is 18.1. The maximum Gasteiger partial charge on any atom is 0.229 e. The van der Waals surface area contributed by atoms with Crippen LogP contribution in [0.3, 0.4) is 0 Å². The third-order valence-electron chi connectivity index (χ3n) is 6.05. The topological polar surface area (TPSA) is 52.6 Å². The molecule has 27 heavy (non-hydrogen) atoms. The Labute approximate surface area is 159 Å². The molecule has 0 bridgehead atoms. The molecular formula is C22H25FN2O2. The van der Waals surface area contributed by atoms with Crippen LogP contribution >= 0.6 is 0 Å². The molecule has 2 aromatic rings. The zero-order valence-corrected chi connectivity index (χ0v) is 15.3. The number of aliphatic hydroxyl groups is 1. The molecule has 4 rings (SSSR count). The molecule has 2 saturated heterocycles. The van der Waals surface area contributed by atoms with Crippen LogP contribution in [0.15, 0.2) is 54.6 Å². The number of piperidine rings is 1. The van der Waals surface area contributed by atoms with Gasteiger partial charge in [-0.2, -0.15) is 0 Å². The van der Waals surface area contributed by atoms with Crippen molar-refractivity contribution in [3.63, 3.8) is 0 Å². The molecule has 142 valence electrons. The predicted octanol–water partition coefficient (Wildman–Crippen LogP) is 3.03. The first-order valence-electron chi connectivity index (χ1n) is 9.58. The van der Waals surface area contributed by atoms with E-state index in [1.807, 2.05) is 35.2 Å². The maximum absolute atomic E-state index is 13.4. The largest absolute Gasteiger partial charge is 0.386 e. The maximum atomic E-state index is 13.4. The van der Waals surface area contributed by atoms with E-state index in [0.717, 1.165) is 37.1 Å². The third-order valence-corrected chi connectivity index (χ3v) is 6.05. The summed E-state index contributed by atoms with van der Waals surface area (Å²) in [6.07, 6.45) is 1.52. The first-order valence-corrected chi connectivity index (χ1v) is 9.58. The van der Waals surface area contributed by atoms with Gasteiger partial charge in [0.15, 0.2) is 0 Å². The molecule has 0 aliphatic carbocycles. The summed E-state index contributed by atoms with van der Waals surface area (Å²) in [7, 11) is 0. The summed E-state index contributed by atoms with van der Waals surface area (Å²) in [4.78, 5) is 15.2. The van der Waals surface area contributed by atoms with Crippen LogP contribution in [-0.4, -0.2) is 35.0 Å². The van der Waals surface area contributed by atoms with Gasteiger partial charge in [-0.1, -0.05) is 42.5 Å². The quantitative estimate of drug-likeness (QED) is 0.872. The average molecular weight is 368 g/mol. The molecule has 2 atom stereocenters. The van der Waals surface area contributed by atoms with Crippen LogP contribution < -0.4 is 5.32 Å². The van der Waals surface area contributed by atoms with Gasteiger partial charge in [0, 0.05) is 6.54 Å². The monoisotopic (exact) mass is 368 g/mol. The van der Waals surface area contributed by atoms with Gasteiger partial charge in [0.25, 0.3) is 0 Å². The molecule has 2 aromatic carbocycles. The van der Waals surface area contributed by atoms with Crippen LogP contribution in [-0.2, 0) is 11.3 Å². The SMILES string of the molecule is O=C1N(Cc2ccc(F)cc2)[C@H]([C@H](O)c2ccccc2)CC12CCNCC2. The van der Waals surface area contributed by atoms with Crippen LogP contribution in [0, 0.1) is 11.2 Å². The molecule has 0 radical (unpaired) electrons. The van der Waals surface area contributed by atoms with Crippen molar-refractivity contribution in [3.05, 3.63) is 71.5 Å². The van der Waals surface area contributed by atoms with Crippen molar-refractivity contribution >= 4 is 5.91 Å². The van der Waals surface area contributed by atoms with E-state index in [1.54, 1.807) is 12.1 Å². The number of likely N-dealkylation sites (tertiary alicyclic amines) is 1. The third kappa shape index (κ3) is 3.49. The van der Waals surface area contributed by atoms with E-state index in [9.17, 15) is 14.3 Å². The minimum Gasteiger partial charge on any atom is -0.386 e. The summed E-state index contributed by atoms with van der Waals surface area (Å²) in [6, 6.07) is 15.5. The number of carbonyl (C=O) groups excluding carboxylic acids is 1. The highest BCUT2D eigenvalue weighted by molar-refractivity contribution is 5.85. The smallest absolute Gasteiger partial charge is 0.229 e. The van der Waals surface area contributed by atoms with E-state index < -0.39 is 11.5 Å². The minimum atomic E-state index is -0.732. The second kappa shape index (κ2) is 7.41. The van der Waals surface area contributed by atoms with Gasteiger partial charge in [-0.3, -0.25) is 4.79 Å². The Bertz CT molecular complexity index is 788. The fourth-order valence-electron chi connectivity index (χ4n) is 4.51. The predicted molar refractivity (Wildman–Crippen MR) is 101 cm³/mol. The average Bonchev–Trinajstić information content (AvgIpc) is 2.96. The van der Waals surface area contributed by atoms with Crippen molar-refractivity contribution in [1.82, 2.24) is 10.2 Å². The Kier molecular flexibility index (Phi) is 4.98. The standard InChI is InChI=1S/C22H25FN2O2/c23-18-8-6-16(7-9-18)15-25-19(20(26)17-4-2-1-3-5-17)14-22(21(25)27)10-12-24-13-11-22/h1-9,19-20,24,26H,10-15H2/t19-,20+/m0/s1. The van der Waals surface area contributed by atoms with Crippen LogP contribution in [0.4, 0.5) is 4.39 Å². The van der Waals surface area contributed by atoms with E-state index in [2.05, 4.69) is 5.32 Å². The second-order valence-corrected chi connectivity index (χ2v) is 7.72. The molecule has 5 heteroatoms. The number of amides is 1. The summed E-state index contributed by atoms with van der Waals surface area (Å²) in [6.45, 7) is 2.04. The van der Waals surface area contributed by atoms with E-state index in [1.165, 1.54) is 12.1 Å². The molecule has 2 N–H and O–H groups in total. The fraction of sp³-hybridized carbons (Fsp3) is 0.409.